The fourth-order valence-corrected chi connectivity index (χ4v) is 10.7. The minimum absolute atomic E-state index is 0. The van der Waals surface area contributed by atoms with Gasteiger partial charge in [-0.1, -0.05) is 39.8 Å². The summed E-state index contributed by atoms with van der Waals surface area (Å²) < 4.78 is 70.4. The van der Waals surface area contributed by atoms with E-state index >= 15 is 9.59 Å². The second-order valence-corrected chi connectivity index (χ2v) is 21.2. The third kappa shape index (κ3) is 11.4. The quantitative estimate of drug-likeness (QED) is 0.0330. The van der Waals surface area contributed by atoms with Crippen molar-refractivity contribution in [3.05, 3.63) is 149 Å². The number of allylic oxidation sites excluding steroid dienone is 4. The van der Waals surface area contributed by atoms with Gasteiger partial charge in [0.2, 0.25) is 31.8 Å². The zero-order chi connectivity index (χ0) is 56.7. The minimum atomic E-state index is -4.33. The molecule has 0 aliphatic heterocycles. The van der Waals surface area contributed by atoms with Gasteiger partial charge in [0.15, 0.2) is 47.1 Å². The number of fused-ring (bicyclic) bond motifs is 2. The number of hydrogen-bond donors (Lipinski definition) is 6. The number of Topliss-reactive ketones (excluding diaryl/α,β-unsaturated/α-hetero) is 2. The number of nitrogens with one attached hydrogen (secondary N) is 2. The third-order valence-corrected chi connectivity index (χ3v) is 15.1. The second-order valence-electron chi connectivity index (χ2n) is 17.9. The first kappa shape index (κ1) is 61.6. The molecule has 2 heterocycles. The number of benzene rings is 4. The van der Waals surface area contributed by atoms with E-state index in [9.17, 15) is 46.9 Å². The van der Waals surface area contributed by atoms with Crippen molar-refractivity contribution in [2.45, 2.75) is 63.2 Å². The van der Waals surface area contributed by atoms with Crippen LogP contribution in [0.3, 0.4) is 0 Å². The number of aromatic hydroxyl groups is 4. The molecule has 6 N–H and O–H groups in total. The summed E-state index contributed by atoms with van der Waals surface area (Å²) in [5.41, 5.74) is 2.21. The maximum absolute atomic E-state index is 15.4. The Morgan fingerprint density at radius 3 is 1.14 bits per heavy atom. The van der Waals surface area contributed by atoms with Crippen LogP contribution in [0.5, 0.6) is 34.8 Å². The summed E-state index contributed by atoms with van der Waals surface area (Å²) in [5.74, 6) is -6.88. The molecule has 402 valence electrons. The molecule has 8 rings (SSSR count). The molecule has 6 aromatic rings. The number of methoxy groups -OCH3 is 2. The zero-order valence-electron chi connectivity index (χ0n) is 44.5. The van der Waals surface area contributed by atoms with Crippen molar-refractivity contribution in [2.75, 3.05) is 25.1 Å². The molecule has 0 fully saturated rings. The van der Waals surface area contributed by atoms with Crippen LogP contribution < -0.4 is 79.4 Å². The second kappa shape index (κ2) is 24.4. The van der Waals surface area contributed by atoms with Gasteiger partial charge in [0, 0.05) is 56.7 Å². The van der Waals surface area contributed by atoms with Crippen LogP contribution in [0.1, 0.15) is 117 Å². The number of phenolic OH excluding ortho intramolecular Hbond substituents is 4. The Morgan fingerprint density at radius 2 is 0.863 bits per heavy atom. The van der Waals surface area contributed by atoms with Crippen LogP contribution in [0.15, 0.2) is 115 Å². The monoisotopic (exact) mass is 1140 g/mol. The van der Waals surface area contributed by atoms with Gasteiger partial charge in [0.05, 0.1) is 57.9 Å². The van der Waals surface area contributed by atoms with E-state index in [4.69, 9.17) is 9.47 Å². The average molecular weight is 1150 g/mol. The number of ether oxygens (including phenoxy) is 2. The molecule has 0 amide bonds. The van der Waals surface area contributed by atoms with E-state index in [2.05, 4.69) is 50.9 Å². The summed E-state index contributed by atoms with van der Waals surface area (Å²) in [6.45, 7) is 9.39. The molecule has 0 spiro atoms. The number of hydrazone groups is 2. The van der Waals surface area contributed by atoms with Crippen molar-refractivity contribution < 1.29 is 125 Å². The number of hydrogen-bond acceptors (Lipinski definition) is 22. The van der Waals surface area contributed by atoms with Crippen molar-refractivity contribution >= 4 is 78.6 Å². The van der Waals surface area contributed by atoms with Gasteiger partial charge in [-0.2, -0.15) is 10.2 Å². The smallest absolute Gasteiger partial charge is 0.504 e. The summed E-state index contributed by atoms with van der Waals surface area (Å²) in [4.78, 5) is 56.3. The fraction of sp³-hybridized carbons (Fsp3) is 0.192. The predicted octanol–water partition coefficient (Wildman–Crippen LogP) is 2.13. The predicted molar refractivity (Wildman–Crippen MR) is 283 cm³/mol. The summed E-state index contributed by atoms with van der Waals surface area (Å²) in [7, 11) is -5.94. The van der Waals surface area contributed by atoms with E-state index < -0.39 is 99.8 Å². The van der Waals surface area contributed by atoms with Crippen molar-refractivity contribution in [2.24, 2.45) is 10.2 Å². The molecular weight excluding hydrogens is 1100 g/mol. The van der Waals surface area contributed by atoms with Crippen molar-refractivity contribution in [1.82, 2.24) is 20.4 Å². The maximum Gasteiger partial charge on any atom is 1.00 e. The van der Waals surface area contributed by atoms with Crippen LogP contribution in [-0.2, 0) is 20.0 Å². The van der Waals surface area contributed by atoms with Crippen LogP contribution in [0.4, 0.5) is 23.0 Å². The van der Waals surface area contributed by atoms with Gasteiger partial charge in [0.25, 0.3) is 0 Å². The molecule has 0 bridgehead atoms. The van der Waals surface area contributed by atoms with E-state index in [0.29, 0.717) is 0 Å². The van der Waals surface area contributed by atoms with Gasteiger partial charge < -0.3 is 49.5 Å². The first-order chi connectivity index (χ1) is 37.0. The van der Waals surface area contributed by atoms with E-state index in [-0.39, 0.29) is 161 Å². The Balaban J connectivity index is 0.00000516. The Kier molecular flexibility index (Phi) is 18.8. The van der Waals surface area contributed by atoms with E-state index in [0.717, 1.165) is 0 Å². The molecular formula is C52H46N10Na2O14S2. The third-order valence-electron chi connectivity index (χ3n) is 12.5. The van der Waals surface area contributed by atoms with Gasteiger partial charge in [-0.25, -0.2) is 27.0 Å². The molecule has 0 radical (unpaired) electrons. The molecule has 80 heavy (non-hydrogen) atoms. The number of rotatable bonds is 17. The van der Waals surface area contributed by atoms with Gasteiger partial charge in [-0.05, 0) is 97.0 Å². The van der Waals surface area contributed by atoms with Crippen molar-refractivity contribution in [3.8, 4) is 34.8 Å². The van der Waals surface area contributed by atoms with Crippen molar-refractivity contribution in [3.63, 3.8) is 0 Å². The first-order valence-electron chi connectivity index (χ1n) is 23.3. The maximum atomic E-state index is 15.4. The summed E-state index contributed by atoms with van der Waals surface area (Å²) in [6.07, 6.45) is 0.296. The van der Waals surface area contributed by atoms with E-state index in [1.165, 1.54) is 101 Å². The minimum Gasteiger partial charge on any atom is -0.504 e. The number of aromatic nitrogens is 4. The van der Waals surface area contributed by atoms with Crippen LogP contribution >= 0.6 is 0 Å². The molecule has 2 aromatic heterocycles. The SMILES string of the molecule is COc1ccc([N-]S(=O)(=O)c2ccc(N/N=C3\C(C)=C(C4=C(C)/C(=N\Nc5ccc(S(=O)(=O)[N-]c6ccc(OC)nn6)cc5)c5c(c(C=O)c(O)c(O)c5C(C)C)C4=O)C(=O)c4c(C=O)c(O)c(O)c(C(C)C)c43)cc2)nn1.[Na+].[Na+]. The molecule has 0 saturated heterocycles. The first-order valence-corrected chi connectivity index (χ1v) is 26.1. The number of ketones is 2. The number of nitrogens with zero attached hydrogens (tertiary/aromatic N) is 8. The largest absolute Gasteiger partial charge is 1.00 e. The number of aldehydes is 2. The molecule has 24 nitrogen and oxygen atoms in total. The van der Waals surface area contributed by atoms with Crippen LogP contribution in [0.2, 0.25) is 0 Å². The Hall–Kier alpha value is -7.56. The molecule has 0 saturated carbocycles. The van der Waals surface area contributed by atoms with Crippen LogP contribution in [0, 0.1) is 0 Å². The topological polar surface area (TPSA) is 364 Å². The number of anilines is 2. The zero-order valence-corrected chi connectivity index (χ0v) is 50.1. The fourth-order valence-electron chi connectivity index (χ4n) is 8.86. The Labute approximate surface area is 502 Å². The van der Waals surface area contributed by atoms with Gasteiger partial charge >= 0.3 is 59.1 Å². The molecule has 2 aliphatic carbocycles. The van der Waals surface area contributed by atoms with Gasteiger partial charge in [-0.15, -0.1) is 0 Å². The Bertz CT molecular complexity index is 3620. The molecule has 2 aliphatic rings. The number of carbonyl (C=O) groups is 4. The van der Waals surface area contributed by atoms with Gasteiger partial charge in [-0.3, -0.25) is 30.0 Å². The standard InChI is InChI=1S/C52H48N10O14S2.2Na/c1-23(2)37-43-41(31(21-63)47(65)51(37)69)49(67)39(25(5)45(43)59-53-27-9-13-29(14-10-27)77(71,72)61-33-17-19-35(75-7)57-55-33)40-26(6)46(44-38(24(3)4)52(70)48(66)32(22-64)42(44)50(40)68)60-54-28-11-15-30(16-12-28)78(73,74)62-34-18-20-36(76-8)58-56-34;;/h9-24H,1-8H3,(H8,53,54,55,56,57,58,59,60,61,62,63,64,65,66,67,68,69,70);;/q;2*+1/p-2. The van der Waals surface area contributed by atoms with Crippen molar-refractivity contribution in [1.29, 1.82) is 0 Å². The van der Waals surface area contributed by atoms with E-state index in [1.54, 1.807) is 27.7 Å². The Morgan fingerprint density at radius 1 is 0.525 bits per heavy atom. The van der Waals surface area contributed by atoms with Gasteiger partial charge in [0.1, 0.15) is 0 Å². The van der Waals surface area contributed by atoms with Crippen LogP contribution in [-0.4, -0.2) is 107 Å². The normalized spacial score (nSPS) is 14.3. The molecule has 0 atom stereocenters. The van der Waals surface area contributed by atoms with E-state index in [1.807, 2.05) is 0 Å². The van der Waals surface area contributed by atoms with Crippen LogP contribution in [0.25, 0.3) is 9.44 Å². The number of phenols is 4. The number of carbonyl (C=O) groups excluding carboxylic acids is 4. The summed E-state index contributed by atoms with van der Waals surface area (Å²) >= 11 is 0. The average Bonchev–Trinajstić information content (AvgIpc) is 3.50. The summed E-state index contributed by atoms with van der Waals surface area (Å²) in [5, 5.41) is 69.8. The molecule has 4 aromatic carbocycles. The number of sulfonamides is 2. The summed E-state index contributed by atoms with van der Waals surface area (Å²) in [6, 6.07) is 15.6. The molecule has 28 heteroatoms. The molecule has 0 unspecified atom stereocenters.